The maximum atomic E-state index is 10.9. The fourth-order valence-electron chi connectivity index (χ4n) is 2.98. The molecule has 0 amide bonds. The van der Waals surface area contributed by atoms with Crippen LogP contribution >= 0.6 is 0 Å². The summed E-state index contributed by atoms with van der Waals surface area (Å²) in [6.45, 7) is 12.9. The minimum Gasteiger partial charge on any atom is -0.407 e. The Hall–Kier alpha value is -1.55. The quantitative estimate of drug-likeness (QED) is 0.786. The molecule has 0 unspecified atom stereocenters. The van der Waals surface area contributed by atoms with Crippen molar-refractivity contribution in [2.75, 3.05) is 5.73 Å². The normalized spacial score (nSPS) is 27.3. The fraction of sp³-hybridized carbons (Fsp3) is 0.706. The van der Waals surface area contributed by atoms with E-state index in [1.807, 2.05) is 6.92 Å². The number of imidazole rings is 1. The van der Waals surface area contributed by atoms with Crippen molar-refractivity contribution >= 4 is 25.3 Å². The van der Waals surface area contributed by atoms with Crippen LogP contribution in [0.1, 0.15) is 40.3 Å². The van der Waals surface area contributed by atoms with E-state index in [9.17, 15) is 5.11 Å². The number of aromatic nitrogens is 4. The Bertz CT molecular complexity index is 788. The number of hydrogen-bond acceptors (Lipinski definition) is 7. The highest BCUT2D eigenvalue weighted by atomic mass is 28.4. The number of anilines is 1. The third kappa shape index (κ3) is 3.13. The lowest BCUT2D eigenvalue weighted by Gasteiger charge is -2.40. The molecule has 26 heavy (non-hydrogen) atoms. The molecule has 8 nitrogen and oxygen atoms in total. The van der Waals surface area contributed by atoms with E-state index in [1.165, 1.54) is 6.33 Å². The van der Waals surface area contributed by atoms with Gasteiger partial charge in [0.2, 0.25) is 0 Å². The molecular weight excluding hydrogens is 350 g/mol. The molecule has 0 bridgehead atoms. The second kappa shape index (κ2) is 6.56. The van der Waals surface area contributed by atoms with Crippen LogP contribution < -0.4 is 5.73 Å². The highest BCUT2D eigenvalue weighted by Crippen LogP contribution is 2.42. The molecular formula is C17H29N5O3Si. The first-order chi connectivity index (χ1) is 12.1. The number of nitrogens with zero attached hydrogens (tertiary/aromatic N) is 4. The van der Waals surface area contributed by atoms with Crippen LogP contribution in [0.15, 0.2) is 12.7 Å². The van der Waals surface area contributed by atoms with Crippen molar-refractivity contribution in [3.8, 4) is 0 Å². The Morgan fingerprint density at radius 3 is 2.62 bits per heavy atom. The molecule has 0 radical (unpaired) electrons. The van der Waals surface area contributed by atoms with Gasteiger partial charge in [0.05, 0.1) is 12.4 Å². The molecule has 1 aliphatic rings. The van der Waals surface area contributed by atoms with E-state index in [1.54, 1.807) is 10.9 Å². The fourth-order valence-corrected chi connectivity index (χ4v) is 4.27. The predicted octanol–water partition coefficient (Wildman–Crippen LogP) is 2.47. The molecule has 1 aliphatic heterocycles. The van der Waals surface area contributed by atoms with Gasteiger partial charge in [0, 0.05) is 0 Å². The van der Waals surface area contributed by atoms with Crippen molar-refractivity contribution in [2.24, 2.45) is 0 Å². The van der Waals surface area contributed by atoms with E-state index >= 15 is 0 Å². The summed E-state index contributed by atoms with van der Waals surface area (Å²) < 4.78 is 14.5. The van der Waals surface area contributed by atoms with Crippen molar-refractivity contribution in [1.29, 1.82) is 0 Å². The molecule has 3 heterocycles. The average Bonchev–Trinajstić information content (AvgIpc) is 3.09. The second-order valence-corrected chi connectivity index (χ2v) is 13.1. The van der Waals surface area contributed by atoms with Crippen LogP contribution in [0.5, 0.6) is 0 Å². The third-order valence-corrected chi connectivity index (χ3v) is 10.1. The van der Waals surface area contributed by atoms with Crippen molar-refractivity contribution in [2.45, 2.75) is 76.8 Å². The van der Waals surface area contributed by atoms with Gasteiger partial charge >= 0.3 is 0 Å². The number of fused-ring (bicyclic) bond motifs is 1. The highest BCUT2D eigenvalue weighted by molar-refractivity contribution is 6.74. The Morgan fingerprint density at radius 2 is 2.00 bits per heavy atom. The number of nitrogens with two attached hydrogens (primary N) is 1. The lowest BCUT2D eigenvalue weighted by atomic mass is 10.1. The Labute approximate surface area is 154 Å². The van der Waals surface area contributed by atoms with Gasteiger partial charge in [-0.25, -0.2) is 15.0 Å². The molecule has 1 saturated heterocycles. The van der Waals surface area contributed by atoms with Crippen LogP contribution in [0, 0.1) is 0 Å². The molecule has 9 heteroatoms. The topological polar surface area (TPSA) is 108 Å². The van der Waals surface area contributed by atoms with E-state index < -0.39 is 26.8 Å². The summed E-state index contributed by atoms with van der Waals surface area (Å²) in [4.78, 5) is 12.6. The first-order valence-electron chi connectivity index (χ1n) is 9.01. The molecule has 0 aliphatic carbocycles. The zero-order chi connectivity index (χ0) is 19.3. The van der Waals surface area contributed by atoms with Crippen molar-refractivity contribution in [3.05, 3.63) is 12.7 Å². The maximum absolute atomic E-state index is 10.9. The number of aliphatic hydroxyl groups excluding tert-OH is 1. The van der Waals surface area contributed by atoms with Crippen molar-refractivity contribution < 1.29 is 14.3 Å². The summed E-state index contributed by atoms with van der Waals surface area (Å²) in [6, 6.07) is 0. The van der Waals surface area contributed by atoms with Crippen LogP contribution in [-0.4, -0.2) is 51.3 Å². The summed E-state index contributed by atoms with van der Waals surface area (Å²) in [5.74, 6) is 0.321. The SMILES string of the molecule is CC[C@H]1O[C@@H](n2cnc3c(N)ncnc32)[C@@H](O[Si](C)(C)C(C)(C)C)[C@H]1O. The molecule has 0 spiro atoms. The first-order valence-corrected chi connectivity index (χ1v) is 11.9. The van der Waals surface area contributed by atoms with E-state index in [-0.39, 0.29) is 11.1 Å². The zero-order valence-electron chi connectivity index (χ0n) is 16.3. The number of nitrogen functional groups attached to an aromatic ring is 1. The van der Waals surface area contributed by atoms with Gasteiger partial charge in [0.15, 0.2) is 26.0 Å². The number of aliphatic hydroxyl groups is 1. The summed E-state index contributed by atoms with van der Waals surface area (Å²) >= 11 is 0. The minimum absolute atomic E-state index is 0.0190. The summed E-state index contributed by atoms with van der Waals surface area (Å²) in [5.41, 5.74) is 7.00. The lowest BCUT2D eigenvalue weighted by Crippen LogP contribution is -2.48. The Morgan fingerprint density at radius 1 is 1.31 bits per heavy atom. The number of hydrogen-bond donors (Lipinski definition) is 2. The molecule has 2 aromatic rings. The molecule has 1 fully saturated rings. The molecule has 144 valence electrons. The average molecular weight is 380 g/mol. The second-order valence-electron chi connectivity index (χ2n) is 8.39. The number of ether oxygens (including phenoxy) is 1. The van der Waals surface area contributed by atoms with Crippen molar-refractivity contribution in [1.82, 2.24) is 19.5 Å². The highest BCUT2D eigenvalue weighted by Gasteiger charge is 2.50. The van der Waals surface area contributed by atoms with Crippen LogP contribution in [-0.2, 0) is 9.16 Å². The Kier molecular flexibility index (Phi) is 4.85. The lowest BCUT2D eigenvalue weighted by molar-refractivity contribution is -0.0325. The predicted molar refractivity (Wildman–Crippen MR) is 102 cm³/mol. The number of rotatable bonds is 4. The van der Waals surface area contributed by atoms with Crippen LogP contribution in [0.4, 0.5) is 5.82 Å². The van der Waals surface area contributed by atoms with Gasteiger partial charge in [0.1, 0.15) is 24.1 Å². The molecule has 4 atom stereocenters. The van der Waals surface area contributed by atoms with Crippen LogP contribution in [0.3, 0.4) is 0 Å². The van der Waals surface area contributed by atoms with Gasteiger partial charge in [-0.05, 0) is 24.6 Å². The van der Waals surface area contributed by atoms with E-state index in [4.69, 9.17) is 14.9 Å². The molecule has 3 N–H and O–H groups in total. The standard InChI is InChI=1S/C17H29N5O3Si/c1-7-10-12(23)13(25-26(5,6)17(2,3)4)16(24-10)22-9-21-11-14(18)19-8-20-15(11)22/h8-10,12-13,16,23H,7H2,1-6H3,(H2,18,19,20)/t10-,12+,13+,16-/m1/s1. The van der Waals surface area contributed by atoms with Gasteiger partial charge in [-0.1, -0.05) is 27.7 Å². The van der Waals surface area contributed by atoms with Gasteiger partial charge in [0.25, 0.3) is 0 Å². The molecule has 2 aromatic heterocycles. The van der Waals surface area contributed by atoms with E-state index in [2.05, 4.69) is 48.8 Å². The third-order valence-electron chi connectivity index (χ3n) is 5.61. The van der Waals surface area contributed by atoms with E-state index in [0.717, 1.165) is 0 Å². The van der Waals surface area contributed by atoms with Gasteiger partial charge in [-0.15, -0.1) is 0 Å². The Balaban J connectivity index is 2.01. The minimum atomic E-state index is -2.12. The molecule has 0 saturated carbocycles. The maximum Gasteiger partial charge on any atom is 0.192 e. The molecule has 0 aromatic carbocycles. The van der Waals surface area contributed by atoms with Crippen LogP contribution in [0.25, 0.3) is 11.2 Å². The summed E-state index contributed by atoms with van der Waals surface area (Å²) in [7, 11) is -2.12. The zero-order valence-corrected chi connectivity index (χ0v) is 17.3. The molecule has 3 rings (SSSR count). The smallest absolute Gasteiger partial charge is 0.192 e. The largest absolute Gasteiger partial charge is 0.407 e. The van der Waals surface area contributed by atoms with Gasteiger partial charge in [-0.2, -0.15) is 0 Å². The van der Waals surface area contributed by atoms with E-state index in [0.29, 0.717) is 23.4 Å². The summed E-state index contributed by atoms with van der Waals surface area (Å²) in [6.07, 6.45) is 1.72. The van der Waals surface area contributed by atoms with Crippen molar-refractivity contribution in [3.63, 3.8) is 0 Å². The summed E-state index contributed by atoms with van der Waals surface area (Å²) in [5, 5.41) is 10.9. The van der Waals surface area contributed by atoms with Crippen LogP contribution in [0.2, 0.25) is 18.1 Å². The van der Waals surface area contributed by atoms with Gasteiger partial charge in [-0.3, -0.25) is 4.57 Å². The first kappa shape index (κ1) is 19.2. The monoisotopic (exact) mass is 379 g/mol. The van der Waals surface area contributed by atoms with Gasteiger partial charge < -0.3 is 20.0 Å².